The zero-order valence-electron chi connectivity index (χ0n) is 16.8. The summed E-state index contributed by atoms with van der Waals surface area (Å²) in [5.74, 6) is -3.58. The van der Waals surface area contributed by atoms with Gasteiger partial charge in [-0.05, 0) is 26.2 Å². The summed E-state index contributed by atoms with van der Waals surface area (Å²) in [6.45, 7) is 3.67. The Kier molecular flexibility index (Phi) is 9.53. The molecule has 0 aromatic heterocycles. The molecule has 4 atom stereocenters. The maximum absolute atomic E-state index is 12.9. The van der Waals surface area contributed by atoms with Crippen molar-refractivity contribution in [3.63, 3.8) is 0 Å². The van der Waals surface area contributed by atoms with Gasteiger partial charge in [0.2, 0.25) is 23.6 Å². The first kappa shape index (κ1) is 24.3. The summed E-state index contributed by atoms with van der Waals surface area (Å²) in [6, 6.07) is -3.97. The van der Waals surface area contributed by atoms with Gasteiger partial charge < -0.3 is 32.1 Å². The van der Waals surface area contributed by atoms with Crippen LogP contribution >= 0.6 is 0 Å². The average Bonchev–Trinajstić information content (AvgIpc) is 3.13. The molecule has 1 saturated heterocycles. The normalized spacial score (nSPS) is 19.1. The van der Waals surface area contributed by atoms with Crippen molar-refractivity contribution in [1.82, 2.24) is 15.5 Å². The highest BCUT2D eigenvalue weighted by Crippen LogP contribution is 2.19. The SMILES string of the molecule is CCCC[C@H](NC(=O)[C@H](C)NC(=O)[C@@H](N)CC(N)=O)C(=O)N1CCC[C@@H]1C(=O)O. The first-order valence-corrected chi connectivity index (χ1v) is 9.76. The number of unbranched alkanes of at least 4 members (excludes halogenated alkanes) is 1. The summed E-state index contributed by atoms with van der Waals surface area (Å²) < 4.78 is 0. The van der Waals surface area contributed by atoms with Gasteiger partial charge in [0.05, 0.1) is 12.5 Å². The van der Waals surface area contributed by atoms with Crippen molar-refractivity contribution in [2.75, 3.05) is 6.54 Å². The second-order valence-electron chi connectivity index (χ2n) is 7.24. The number of likely N-dealkylation sites (tertiary alicyclic amines) is 1. The number of nitrogens with two attached hydrogens (primary N) is 2. The Hall–Kier alpha value is -2.69. The number of nitrogens with one attached hydrogen (secondary N) is 2. The summed E-state index contributed by atoms with van der Waals surface area (Å²) in [5, 5.41) is 14.3. The third-order valence-corrected chi connectivity index (χ3v) is 4.79. The van der Waals surface area contributed by atoms with Crippen molar-refractivity contribution in [1.29, 1.82) is 0 Å². The summed E-state index contributed by atoms with van der Waals surface area (Å²) >= 11 is 0. The van der Waals surface area contributed by atoms with Gasteiger partial charge in [0.1, 0.15) is 18.1 Å². The Balaban J connectivity index is 2.77. The predicted octanol–water partition coefficient (Wildman–Crippen LogP) is -1.56. The first-order valence-electron chi connectivity index (χ1n) is 9.76. The lowest BCUT2D eigenvalue weighted by Gasteiger charge is -2.28. The van der Waals surface area contributed by atoms with E-state index in [9.17, 15) is 29.1 Å². The van der Waals surface area contributed by atoms with Gasteiger partial charge in [0.25, 0.3) is 0 Å². The Morgan fingerprint density at radius 3 is 2.38 bits per heavy atom. The molecule has 11 heteroatoms. The van der Waals surface area contributed by atoms with Crippen LogP contribution in [0.1, 0.15) is 52.4 Å². The highest BCUT2D eigenvalue weighted by atomic mass is 16.4. The summed E-state index contributed by atoms with van der Waals surface area (Å²) in [6.07, 6.45) is 2.40. The van der Waals surface area contributed by atoms with Crippen LogP contribution in [0.15, 0.2) is 0 Å². The lowest BCUT2D eigenvalue weighted by Crippen LogP contribution is -2.56. The molecule has 0 unspecified atom stereocenters. The van der Waals surface area contributed by atoms with Gasteiger partial charge in [0, 0.05) is 6.54 Å². The molecule has 1 rings (SSSR count). The largest absolute Gasteiger partial charge is 0.480 e. The minimum Gasteiger partial charge on any atom is -0.480 e. The van der Waals surface area contributed by atoms with E-state index in [2.05, 4.69) is 10.6 Å². The molecular formula is C18H31N5O6. The number of nitrogens with zero attached hydrogens (tertiary/aromatic N) is 1. The molecule has 29 heavy (non-hydrogen) atoms. The molecule has 11 nitrogen and oxygen atoms in total. The van der Waals surface area contributed by atoms with Gasteiger partial charge >= 0.3 is 5.97 Å². The summed E-state index contributed by atoms with van der Waals surface area (Å²) in [5.41, 5.74) is 10.5. The number of primary amides is 1. The monoisotopic (exact) mass is 413 g/mol. The zero-order chi connectivity index (χ0) is 22.1. The minimum absolute atomic E-state index is 0.322. The van der Waals surface area contributed by atoms with Crippen molar-refractivity contribution in [2.24, 2.45) is 11.5 Å². The molecule has 0 radical (unpaired) electrons. The summed E-state index contributed by atoms with van der Waals surface area (Å²) in [7, 11) is 0. The van der Waals surface area contributed by atoms with Gasteiger partial charge in [-0.2, -0.15) is 0 Å². The molecule has 0 bridgehead atoms. The second kappa shape index (κ2) is 11.3. The van der Waals surface area contributed by atoms with E-state index < -0.39 is 53.8 Å². The molecule has 7 N–H and O–H groups in total. The van der Waals surface area contributed by atoms with E-state index in [1.807, 2.05) is 6.92 Å². The molecule has 0 saturated carbocycles. The lowest BCUT2D eigenvalue weighted by molar-refractivity contribution is -0.149. The van der Waals surface area contributed by atoms with Crippen molar-refractivity contribution in [2.45, 2.75) is 76.5 Å². The fourth-order valence-electron chi connectivity index (χ4n) is 3.15. The van der Waals surface area contributed by atoms with Crippen LogP contribution in [0.25, 0.3) is 0 Å². The lowest BCUT2D eigenvalue weighted by atomic mass is 10.1. The van der Waals surface area contributed by atoms with E-state index in [4.69, 9.17) is 11.5 Å². The van der Waals surface area contributed by atoms with Crippen LogP contribution in [0, 0.1) is 0 Å². The topological polar surface area (TPSA) is 185 Å². The van der Waals surface area contributed by atoms with Gasteiger partial charge in [-0.1, -0.05) is 19.8 Å². The smallest absolute Gasteiger partial charge is 0.326 e. The Morgan fingerprint density at radius 1 is 1.17 bits per heavy atom. The minimum atomic E-state index is -1.18. The number of amides is 4. The Morgan fingerprint density at radius 2 is 1.83 bits per heavy atom. The third kappa shape index (κ3) is 7.33. The van der Waals surface area contributed by atoms with Crippen LogP contribution in [0.5, 0.6) is 0 Å². The fraction of sp³-hybridized carbons (Fsp3) is 0.722. The van der Waals surface area contributed by atoms with Gasteiger partial charge in [-0.3, -0.25) is 19.2 Å². The van der Waals surface area contributed by atoms with Crippen LogP contribution in [0.4, 0.5) is 0 Å². The molecule has 1 aliphatic rings. The van der Waals surface area contributed by atoms with E-state index in [1.54, 1.807) is 0 Å². The number of hydrogen-bond donors (Lipinski definition) is 5. The number of carbonyl (C=O) groups excluding carboxylic acids is 4. The predicted molar refractivity (Wildman–Crippen MR) is 103 cm³/mol. The van der Waals surface area contributed by atoms with Crippen LogP contribution < -0.4 is 22.1 Å². The fourth-order valence-corrected chi connectivity index (χ4v) is 3.15. The van der Waals surface area contributed by atoms with Gasteiger partial charge in [0.15, 0.2) is 0 Å². The van der Waals surface area contributed by atoms with E-state index in [0.717, 1.165) is 6.42 Å². The second-order valence-corrected chi connectivity index (χ2v) is 7.24. The van der Waals surface area contributed by atoms with E-state index in [1.165, 1.54) is 11.8 Å². The summed E-state index contributed by atoms with van der Waals surface area (Å²) in [4.78, 5) is 60.8. The molecular weight excluding hydrogens is 382 g/mol. The number of carbonyl (C=O) groups is 5. The molecule has 1 heterocycles. The molecule has 0 aliphatic carbocycles. The number of carboxylic acid groups (broad SMARTS) is 1. The average molecular weight is 413 g/mol. The third-order valence-electron chi connectivity index (χ3n) is 4.79. The zero-order valence-corrected chi connectivity index (χ0v) is 16.8. The van der Waals surface area contributed by atoms with Gasteiger partial charge in [-0.25, -0.2) is 4.79 Å². The van der Waals surface area contributed by atoms with Crippen LogP contribution in [-0.4, -0.2) is 70.3 Å². The Bertz CT molecular complexity index is 640. The molecule has 0 spiro atoms. The van der Waals surface area contributed by atoms with Crippen molar-refractivity contribution >= 4 is 29.6 Å². The molecule has 1 fully saturated rings. The molecule has 0 aromatic carbocycles. The number of carboxylic acids is 1. The first-order chi connectivity index (χ1) is 13.6. The molecule has 4 amide bonds. The molecule has 0 aromatic rings. The standard InChI is InChI=1S/C18H31N5O6/c1-3-4-6-12(17(27)23-8-5-7-13(23)18(28)29)22-15(25)10(2)21-16(26)11(19)9-14(20)24/h10-13H,3-9,19H2,1-2H3,(H2,20,24)(H,21,26)(H,22,25)(H,28,29)/t10-,11-,12-,13+/m0/s1. The number of aliphatic carboxylic acids is 1. The van der Waals surface area contributed by atoms with Crippen LogP contribution in [-0.2, 0) is 24.0 Å². The van der Waals surface area contributed by atoms with E-state index in [0.29, 0.717) is 32.2 Å². The Labute approximate surface area is 169 Å². The molecule has 164 valence electrons. The van der Waals surface area contributed by atoms with Crippen LogP contribution in [0.3, 0.4) is 0 Å². The highest BCUT2D eigenvalue weighted by molar-refractivity contribution is 5.94. The maximum Gasteiger partial charge on any atom is 0.326 e. The highest BCUT2D eigenvalue weighted by Gasteiger charge is 2.37. The van der Waals surface area contributed by atoms with Gasteiger partial charge in [-0.15, -0.1) is 0 Å². The van der Waals surface area contributed by atoms with Crippen LogP contribution in [0.2, 0.25) is 0 Å². The quantitative estimate of drug-likeness (QED) is 0.271. The number of hydrogen-bond acceptors (Lipinski definition) is 6. The van der Waals surface area contributed by atoms with Crippen molar-refractivity contribution in [3.8, 4) is 0 Å². The molecule has 1 aliphatic heterocycles. The van der Waals surface area contributed by atoms with Crippen molar-refractivity contribution in [3.05, 3.63) is 0 Å². The van der Waals surface area contributed by atoms with E-state index in [-0.39, 0.29) is 6.42 Å². The van der Waals surface area contributed by atoms with Crippen molar-refractivity contribution < 1.29 is 29.1 Å². The van der Waals surface area contributed by atoms with E-state index >= 15 is 0 Å². The number of rotatable bonds is 11. The maximum atomic E-state index is 12.9.